The number of hydrogen-bond donors (Lipinski definition) is 3. The summed E-state index contributed by atoms with van der Waals surface area (Å²) in [5.41, 5.74) is -0.527. The summed E-state index contributed by atoms with van der Waals surface area (Å²) < 4.78 is 62.2. The Morgan fingerprint density at radius 1 is 0.909 bits per heavy atom. The van der Waals surface area contributed by atoms with Crippen LogP contribution in [-0.4, -0.2) is 60.6 Å². The van der Waals surface area contributed by atoms with Crippen molar-refractivity contribution in [2.24, 2.45) is 5.18 Å². The van der Waals surface area contributed by atoms with Crippen LogP contribution in [0.25, 0.3) is 10.8 Å². The summed E-state index contributed by atoms with van der Waals surface area (Å²) in [6.45, 7) is 0. The molecule has 9 nitrogen and oxygen atoms in total. The minimum atomic E-state index is -4.81. The van der Waals surface area contributed by atoms with Crippen molar-refractivity contribution in [2.45, 2.75) is 9.79 Å². The van der Waals surface area contributed by atoms with E-state index in [1.54, 1.807) is 0 Å². The van der Waals surface area contributed by atoms with E-state index in [1.165, 1.54) is 0 Å². The van der Waals surface area contributed by atoms with Gasteiger partial charge in [-0.3, -0.25) is 9.11 Å². The Bertz CT molecular complexity index is 968. The standard InChI is InChI=1S/C10H7NO8S2.Na.H/c12-10-6-2-1-5(20(14,15)16)3-7(6)8(11-13)4-9(10)21(17,18)19;;/h1-4,12H,(H,14,15,16)(H,17,18,19);;. The van der Waals surface area contributed by atoms with E-state index in [2.05, 4.69) is 5.18 Å². The van der Waals surface area contributed by atoms with Crippen molar-refractivity contribution in [3.63, 3.8) is 0 Å². The summed E-state index contributed by atoms with van der Waals surface area (Å²) in [5, 5.41) is 11.9. The first-order valence-corrected chi connectivity index (χ1v) is 8.02. The van der Waals surface area contributed by atoms with Crippen LogP contribution in [0.5, 0.6) is 5.75 Å². The van der Waals surface area contributed by atoms with Gasteiger partial charge < -0.3 is 5.11 Å². The average Bonchev–Trinajstić information content (AvgIpc) is 2.36. The zero-order valence-electron chi connectivity index (χ0n) is 9.96. The number of phenols is 1. The Kier molecular flexibility index (Phi) is 5.34. The Morgan fingerprint density at radius 3 is 1.95 bits per heavy atom. The summed E-state index contributed by atoms with van der Waals surface area (Å²) >= 11 is 0. The van der Waals surface area contributed by atoms with Gasteiger partial charge in [-0.25, -0.2) is 0 Å². The molecule has 0 aliphatic carbocycles. The summed E-state index contributed by atoms with van der Waals surface area (Å²) in [4.78, 5) is 9.24. The van der Waals surface area contributed by atoms with Crippen molar-refractivity contribution < 1.29 is 31.0 Å². The molecule has 0 heterocycles. The summed E-state index contributed by atoms with van der Waals surface area (Å²) in [5.74, 6) is -0.873. The van der Waals surface area contributed by atoms with Gasteiger partial charge in [0.15, 0.2) is 0 Å². The normalized spacial score (nSPS) is 11.9. The fraction of sp³-hybridized carbons (Fsp3) is 0. The van der Waals surface area contributed by atoms with Gasteiger partial charge in [-0.05, 0) is 29.4 Å². The van der Waals surface area contributed by atoms with Gasteiger partial charge in [0.05, 0.1) is 4.90 Å². The Labute approximate surface area is 146 Å². The molecule has 2 aromatic carbocycles. The second kappa shape index (κ2) is 6.20. The molecule has 0 bridgehead atoms. The number of rotatable bonds is 3. The second-order valence-electron chi connectivity index (χ2n) is 3.99. The molecule has 0 aliphatic rings. The molecule has 0 aromatic heterocycles. The molecule has 0 radical (unpaired) electrons. The van der Waals surface area contributed by atoms with Gasteiger partial charge in [-0.15, -0.1) is 4.91 Å². The first-order valence-electron chi connectivity index (χ1n) is 5.14. The minimum absolute atomic E-state index is 0. The van der Waals surface area contributed by atoms with Gasteiger partial charge in [-0.2, -0.15) is 16.8 Å². The topological polar surface area (TPSA) is 158 Å². The molecule has 12 heteroatoms. The number of aromatic hydroxyl groups is 1. The van der Waals surface area contributed by atoms with Crippen LogP contribution < -0.4 is 0 Å². The first kappa shape index (κ1) is 19.0. The predicted octanol–water partition coefficient (Wildman–Crippen LogP) is 0.788. The van der Waals surface area contributed by atoms with Crippen LogP contribution >= 0.6 is 0 Å². The molecule has 3 N–H and O–H groups in total. The van der Waals surface area contributed by atoms with Crippen LogP contribution in [0.1, 0.15) is 0 Å². The molecule has 0 spiro atoms. The molecular weight excluding hydrogens is 349 g/mol. The number of phenolic OH excluding ortho intramolecular Hbond substituents is 1. The van der Waals surface area contributed by atoms with Crippen LogP contribution in [0.4, 0.5) is 5.69 Å². The van der Waals surface area contributed by atoms with Crippen molar-refractivity contribution in [1.82, 2.24) is 0 Å². The van der Waals surface area contributed by atoms with E-state index in [0.717, 1.165) is 18.2 Å². The number of hydrogen-bond acceptors (Lipinski definition) is 7. The van der Waals surface area contributed by atoms with Crippen LogP contribution in [0.2, 0.25) is 0 Å². The van der Waals surface area contributed by atoms with Gasteiger partial charge >= 0.3 is 29.6 Å². The summed E-state index contributed by atoms with van der Waals surface area (Å²) in [6.07, 6.45) is 0. The van der Waals surface area contributed by atoms with Crippen molar-refractivity contribution >= 4 is 66.3 Å². The molecule has 0 atom stereocenters. The molecule has 22 heavy (non-hydrogen) atoms. The van der Waals surface area contributed by atoms with Crippen LogP contribution in [0.3, 0.4) is 0 Å². The maximum absolute atomic E-state index is 11.1. The molecule has 0 aliphatic heterocycles. The van der Waals surface area contributed by atoms with Crippen molar-refractivity contribution in [1.29, 1.82) is 0 Å². The molecule has 114 valence electrons. The molecule has 0 saturated heterocycles. The molecule has 0 saturated carbocycles. The van der Waals surface area contributed by atoms with Gasteiger partial charge in [-0.1, -0.05) is 0 Å². The van der Waals surface area contributed by atoms with Gasteiger partial charge in [0.1, 0.15) is 16.3 Å². The molecule has 0 fully saturated rings. The molecule has 0 amide bonds. The number of benzene rings is 2. The average molecular weight is 357 g/mol. The van der Waals surface area contributed by atoms with E-state index in [9.17, 15) is 26.8 Å². The zero-order valence-corrected chi connectivity index (χ0v) is 11.6. The third-order valence-corrected chi connectivity index (χ3v) is 4.41. The summed E-state index contributed by atoms with van der Waals surface area (Å²) in [7, 11) is -9.38. The molecule has 2 rings (SSSR count). The van der Waals surface area contributed by atoms with Crippen molar-refractivity contribution in [3.05, 3.63) is 29.2 Å². The summed E-state index contributed by atoms with van der Waals surface area (Å²) in [6, 6.07) is 3.29. The Hall–Kier alpha value is -1.08. The SMILES string of the molecule is O=Nc1cc(S(=O)(=O)O)c(O)c2ccc(S(=O)(=O)O)cc12.[NaH]. The Balaban J connectivity index is 0.00000242. The number of nitrogens with zero attached hydrogens (tertiary/aromatic N) is 1. The molecule has 2 aromatic rings. The van der Waals surface area contributed by atoms with Gasteiger partial charge in [0.2, 0.25) is 0 Å². The van der Waals surface area contributed by atoms with Crippen LogP contribution in [0.15, 0.2) is 39.2 Å². The molecule has 0 unspecified atom stereocenters. The fourth-order valence-corrected chi connectivity index (χ4v) is 2.90. The van der Waals surface area contributed by atoms with E-state index >= 15 is 0 Å². The van der Waals surface area contributed by atoms with E-state index < -0.39 is 41.5 Å². The van der Waals surface area contributed by atoms with Crippen molar-refractivity contribution in [3.8, 4) is 5.75 Å². The monoisotopic (exact) mass is 357 g/mol. The number of nitroso groups, excluding NO2 is 1. The third kappa shape index (κ3) is 3.46. The zero-order chi connectivity index (χ0) is 16.0. The molecular formula is C10H8NNaO8S2. The fourth-order valence-electron chi connectivity index (χ4n) is 1.78. The quantitative estimate of drug-likeness (QED) is 0.413. The maximum atomic E-state index is 11.1. The van der Waals surface area contributed by atoms with E-state index in [4.69, 9.17) is 9.11 Å². The van der Waals surface area contributed by atoms with E-state index in [0.29, 0.717) is 6.07 Å². The van der Waals surface area contributed by atoms with E-state index in [-0.39, 0.29) is 40.3 Å². The first-order chi connectivity index (χ1) is 9.55. The van der Waals surface area contributed by atoms with Crippen LogP contribution in [0, 0.1) is 4.91 Å². The number of fused-ring (bicyclic) bond motifs is 1. The van der Waals surface area contributed by atoms with Crippen molar-refractivity contribution in [2.75, 3.05) is 0 Å². The Morgan fingerprint density at radius 2 is 1.50 bits per heavy atom. The second-order valence-corrected chi connectivity index (χ2v) is 6.80. The van der Waals surface area contributed by atoms with Crippen LogP contribution in [-0.2, 0) is 20.2 Å². The van der Waals surface area contributed by atoms with E-state index in [1.807, 2.05) is 0 Å². The predicted molar refractivity (Wildman–Crippen MR) is 77.8 cm³/mol. The van der Waals surface area contributed by atoms with Gasteiger partial charge in [0, 0.05) is 10.8 Å². The third-order valence-electron chi connectivity index (χ3n) is 2.70. The van der Waals surface area contributed by atoms with Gasteiger partial charge in [0.25, 0.3) is 20.2 Å².